The lowest BCUT2D eigenvalue weighted by Gasteiger charge is -2.12. The van der Waals surface area contributed by atoms with Crippen LogP contribution in [0.25, 0.3) is 0 Å². The highest BCUT2D eigenvalue weighted by Gasteiger charge is 2.32. The number of carbonyl (C=O) groups is 4. The van der Waals surface area contributed by atoms with Crippen molar-refractivity contribution in [3.63, 3.8) is 0 Å². The van der Waals surface area contributed by atoms with Crippen LogP contribution in [0.4, 0.5) is 5.69 Å². The fourth-order valence-electron chi connectivity index (χ4n) is 2.67. The molecule has 0 aromatic heterocycles. The number of rotatable bonds is 10. The Morgan fingerprint density at radius 2 is 1.86 bits per heavy atom. The second kappa shape index (κ2) is 10.6. The summed E-state index contributed by atoms with van der Waals surface area (Å²) in [5.74, 6) is -2.11. The number of amides is 3. The van der Waals surface area contributed by atoms with Crippen molar-refractivity contribution in [1.82, 2.24) is 10.4 Å². The lowest BCUT2D eigenvalue weighted by Crippen LogP contribution is -2.31. The van der Waals surface area contributed by atoms with E-state index in [2.05, 4.69) is 21.2 Å². The van der Waals surface area contributed by atoms with Gasteiger partial charge in [-0.3, -0.25) is 24.5 Å². The van der Waals surface area contributed by atoms with Crippen LogP contribution < -0.4 is 5.32 Å². The van der Waals surface area contributed by atoms with Crippen molar-refractivity contribution in [3.8, 4) is 0 Å². The topological polar surface area (TPSA) is 136 Å². The average molecular weight is 470 g/mol. The summed E-state index contributed by atoms with van der Waals surface area (Å²) in [5, 5.41) is 14.6. The largest absolute Gasteiger partial charge is 0.352 e. The minimum Gasteiger partial charge on any atom is -0.352 e. The zero-order valence-corrected chi connectivity index (χ0v) is 17.1. The number of nitrogens with one attached hydrogen (secondary N) is 1. The van der Waals surface area contributed by atoms with Gasteiger partial charge >= 0.3 is 5.97 Å². The number of benzene rings is 1. The van der Waals surface area contributed by atoms with Crippen LogP contribution in [0, 0.1) is 10.1 Å². The molecule has 1 aromatic rings. The maximum absolute atomic E-state index is 12.1. The summed E-state index contributed by atoms with van der Waals surface area (Å²) in [7, 11) is 0. The molecule has 0 spiro atoms. The molecule has 1 fully saturated rings. The molecule has 10 nitrogen and oxygen atoms in total. The summed E-state index contributed by atoms with van der Waals surface area (Å²) in [4.78, 5) is 61.8. The van der Waals surface area contributed by atoms with Gasteiger partial charge < -0.3 is 10.2 Å². The molecule has 0 atom stereocenters. The van der Waals surface area contributed by atoms with Crippen LogP contribution in [-0.2, 0) is 24.6 Å². The third-order valence-corrected chi connectivity index (χ3v) is 4.83. The number of nitrogens with zero attached hydrogens (tertiary/aromatic N) is 2. The zero-order valence-electron chi connectivity index (χ0n) is 15.5. The third-order valence-electron chi connectivity index (χ3n) is 4.23. The van der Waals surface area contributed by atoms with E-state index in [1.165, 1.54) is 18.2 Å². The number of hydrogen-bond acceptors (Lipinski definition) is 7. The fraction of sp³-hybridized carbons (Fsp3) is 0.444. The number of alkyl halides is 1. The zero-order chi connectivity index (χ0) is 21.4. The van der Waals surface area contributed by atoms with Crippen molar-refractivity contribution >= 4 is 45.3 Å². The summed E-state index contributed by atoms with van der Waals surface area (Å²) in [6, 6.07) is 4.29. The summed E-state index contributed by atoms with van der Waals surface area (Å²) < 4.78 is 0. The summed E-state index contributed by atoms with van der Waals surface area (Å²) in [6.45, 7) is 0.338. The quantitative estimate of drug-likeness (QED) is 0.182. The Bertz CT molecular complexity index is 812. The molecule has 1 aliphatic rings. The minimum absolute atomic E-state index is 0.0468. The molecule has 29 heavy (non-hydrogen) atoms. The van der Waals surface area contributed by atoms with Crippen LogP contribution in [0.1, 0.15) is 54.4 Å². The molecule has 0 saturated carbocycles. The predicted octanol–water partition coefficient (Wildman–Crippen LogP) is 2.39. The molecule has 11 heteroatoms. The van der Waals surface area contributed by atoms with Crippen LogP contribution in [0.2, 0.25) is 0 Å². The van der Waals surface area contributed by atoms with Crippen LogP contribution >= 0.6 is 15.9 Å². The minimum atomic E-state index is -0.656. The number of nitro benzene ring substituents is 1. The fourth-order valence-corrected chi connectivity index (χ4v) is 3.14. The average Bonchev–Trinajstić information content (AvgIpc) is 3.01. The molecule has 0 aliphatic carbocycles. The van der Waals surface area contributed by atoms with Crippen LogP contribution in [0.15, 0.2) is 18.2 Å². The lowest BCUT2D eigenvalue weighted by atomic mass is 10.1. The van der Waals surface area contributed by atoms with E-state index < -0.39 is 28.6 Å². The van der Waals surface area contributed by atoms with Crippen molar-refractivity contribution < 1.29 is 28.9 Å². The van der Waals surface area contributed by atoms with E-state index in [-0.39, 0.29) is 30.5 Å². The van der Waals surface area contributed by atoms with Crippen molar-refractivity contribution in [2.45, 2.75) is 43.9 Å². The summed E-state index contributed by atoms with van der Waals surface area (Å²) in [5.41, 5.74) is 0.559. The van der Waals surface area contributed by atoms with E-state index in [0.29, 0.717) is 41.8 Å². The molecule has 0 radical (unpaired) electrons. The number of nitro groups is 1. The first-order valence-electron chi connectivity index (χ1n) is 9.01. The molecule has 1 aromatic carbocycles. The van der Waals surface area contributed by atoms with Gasteiger partial charge in [-0.2, -0.15) is 0 Å². The standard InChI is InChI=1S/C18H20BrN3O7/c19-11-13-6-5-12(10-14(13)22(27)28)18(26)20-9-3-1-2-4-17(25)29-21-15(23)7-8-16(21)24/h5-6,10H,1-4,7-9,11H2,(H,20,26). The van der Waals surface area contributed by atoms with E-state index in [1.54, 1.807) is 0 Å². The highest BCUT2D eigenvalue weighted by molar-refractivity contribution is 9.08. The third kappa shape index (κ3) is 6.34. The van der Waals surface area contributed by atoms with Crippen LogP contribution in [0.3, 0.4) is 0 Å². The van der Waals surface area contributed by atoms with E-state index >= 15 is 0 Å². The number of carbonyl (C=O) groups excluding carboxylic acids is 4. The molecular weight excluding hydrogens is 450 g/mol. The Balaban J connectivity index is 1.67. The molecule has 2 rings (SSSR count). The number of hydroxylamine groups is 2. The van der Waals surface area contributed by atoms with Gasteiger partial charge in [0, 0.05) is 48.3 Å². The van der Waals surface area contributed by atoms with Gasteiger partial charge in [0.15, 0.2) is 0 Å². The van der Waals surface area contributed by atoms with E-state index in [0.717, 1.165) is 0 Å². The van der Waals surface area contributed by atoms with Crippen molar-refractivity contribution in [3.05, 3.63) is 39.4 Å². The van der Waals surface area contributed by atoms with Gasteiger partial charge in [0.1, 0.15) is 0 Å². The number of hydrogen-bond donors (Lipinski definition) is 1. The molecule has 0 bridgehead atoms. The normalized spacial score (nSPS) is 13.5. The maximum atomic E-state index is 12.1. The van der Waals surface area contributed by atoms with Gasteiger partial charge in [-0.05, 0) is 18.9 Å². The first kappa shape index (κ1) is 22.5. The second-order valence-corrected chi connectivity index (χ2v) is 6.91. The Kier molecular flexibility index (Phi) is 8.25. The lowest BCUT2D eigenvalue weighted by molar-refractivity contribution is -0.385. The molecule has 1 aliphatic heterocycles. The smallest absolute Gasteiger partial charge is 0.333 e. The van der Waals surface area contributed by atoms with Gasteiger partial charge in [0.25, 0.3) is 23.4 Å². The molecule has 1 saturated heterocycles. The number of unbranched alkanes of at least 4 members (excludes halogenated alkanes) is 2. The Hall–Kier alpha value is -2.82. The summed E-state index contributed by atoms with van der Waals surface area (Å²) in [6.07, 6.45) is 1.81. The molecule has 156 valence electrons. The van der Waals surface area contributed by atoms with E-state index in [9.17, 15) is 29.3 Å². The number of halogens is 1. The Labute approximate surface area is 174 Å². The Morgan fingerprint density at radius 1 is 1.17 bits per heavy atom. The van der Waals surface area contributed by atoms with Gasteiger partial charge in [-0.25, -0.2) is 4.79 Å². The van der Waals surface area contributed by atoms with E-state index in [1.807, 2.05) is 0 Å². The number of imide groups is 1. The molecule has 3 amide bonds. The second-order valence-electron chi connectivity index (χ2n) is 6.35. The first-order valence-corrected chi connectivity index (χ1v) is 10.1. The molecule has 1 heterocycles. The van der Waals surface area contributed by atoms with Gasteiger partial charge in [-0.1, -0.05) is 28.4 Å². The highest BCUT2D eigenvalue weighted by Crippen LogP contribution is 2.22. The molecular formula is C18H20BrN3O7. The maximum Gasteiger partial charge on any atom is 0.333 e. The SMILES string of the molecule is O=C(CCCCCNC(=O)c1ccc(CBr)c([N+](=O)[O-])c1)ON1C(=O)CCC1=O. The van der Waals surface area contributed by atoms with Crippen LogP contribution in [-0.4, -0.2) is 40.2 Å². The Morgan fingerprint density at radius 3 is 2.48 bits per heavy atom. The monoisotopic (exact) mass is 469 g/mol. The highest BCUT2D eigenvalue weighted by atomic mass is 79.9. The van der Waals surface area contributed by atoms with Gasteiger partial charge in [0.2, 0.25) is 0 Å². The van der Waals surface area contributed by atoms with Crippen molar-refractivity contribution in [2.24, 2.45) is 0 Å². The van der Waals surface area contributed by atoms with Crippen molar-refractivity contribution in [1.29, 1.82) is 0 Å². The van der Waals surface area contributed by atoms with Gasteiger partial charge in [-0.15, -0.1) is 5.06 Å². The van der Waals surface area contributed by atoms with Crippen LogP contribution in [0.5, 0.6) is 0 Å². The first-order chi connectivity index (χ1) is 13.8. The predicted molar refractivity (Wildman–Crippen MR) is 104 cm³/mol. The van der Waals surface area contributed by atoms with E-state index in [4.69, 9.17) is 4.84 Å². The summed E-state index contributed by atoms with van der Waals surface area (Å²) >= 11 is 3.17. The molecule has 0 unspecified atom stereocenters. The van der Waals surface area contributed by atoms with Crippen molar-refractivity contribution in [2.75, 3.05) is 6.54 Å². The molecule has 1 N–H and O–H groups in total. The van der Waals surface area contributed by atoms with Gasteiger partial charge in [0.05, 0.1) is 4.92 Å².